The van der Waals surface area contributed by atoms with Gasteiger partial charge in [-0.05, 0) is 83.4 Å². The molecule has 2 aromatic heterocycles. The number of hydrogen-bond acceptors (Lipinski definition) is 2. The fraction of sp³-hybridized carbons (Fsp3) is 0. The summed E-state index contributed by atoms with van der Waals surface area (Å²) in [6.45, 7) is 0. The zero-order valence-electron chi connectivity index (χ0n) is 27.8. The van der Waals surface area contributed by atoms with E-state index in [-0.39, 0.29) is 0 Å². The Kier molecular flexibility index (Phi) is 6.81. The van der Waals surface area contributed by atoms with Gasteiger partial charge in [-0.2, -0.15) is 0 Å². The lowest BCUT2D eigenvalue weighted by atomic mass is 10.0. The Hall–Kier alpha value is -6.84. The maximum atomic E-state index is 6.35. The number of aromatic nitrogens is 1. The van der Waals surface area contributed by atoms with Crippen LogP contribution in [-0.4, -0.2) is 4.57 Å². The topological polar surface area (TPSA) is 21.3 Å². The first-order valence-electron chi connectivity index (χ1n) is 17.4. The first-order chi connectivity index (χ1) is 25.3. The van der Waals surface area contributed by atoms with E-state index < -0.39 is 0 Å². The highest BCUT2D eigenvalue weighted by atomic mass is 16.3. The first kappa shape index (κ1) is 29.1. The lowest BCUT2D eigenvalue weighted by Crippen LogP contribution is -2.09. The number of benzene rings is 8. The standard InChI is InChI=1S/C48H32N2O/c1-2-11-36(12-3-1)49(38-31-25-35(26-32-38)40-16-10-17-44-43-15-6-9-20-47(43)51-48(40)44)37-27-21-33(22-28-37)34-23-29-39(30-24-34)50-45-18-7-4-13-41(45)42-14-5-8-19-46(42)50/h1-32H. The van der Waals surface area contributed by atoms with Gasteiger partial charge in [0.05, 0.1) is 11.0 Å². The lowest BCUT2D eigenvalue weighted by molar-refractivity contribution is 0.670. The number of rotatable bonds is 6. The Bertz CT molecular complexity index is 2770. The highest BCUT2D eigenvalue weighted by molar-refractivity contribution is 6.10. The molecule has 0 bridgehead atoms. The second kappa shape index (κ2) is 11.9. The van der Waals surface area contributed by atoms with E-state index in [0.29, 0.717) is 0 Å². The molecule has 8 aromatic carbocycles. The van der Waals surface area contributed by atoms with Crippen LogP contribution in [0.3, 0.4) is 0 Å². The van der Waals surface area contributed by atoms with E-state index in [4.69, 9.17) is 4.42 Å². The van der Waals surface area contributed by atoms with Gasteiger partial charge in [0.1, 0.15) is 11.2 Å². The number of anilines is 3. The number of fused-ring (bicyclic) bond motifs is 6. The van der Waals surface area contributed by atoms with Crippen LogP contribution < -0.4 is 4.90 Å². The second-order valence-electron chi connectivity index (χ2n) is 13.0. The molecule has 0 unspecified atom stereocenters. The van der Waals surface area contributed by atoms with Gasteiger partial charge < -0.3 is 13.9 Å². The third-order valence-corrected chi connectivity index (χ3v) is 10.0. The van der Waals surface area contributed by atoms with Crippen LogP contribution in [0.25, 0.3) is 71.7 Å². The smallest absolute Gasteiger partial charge is 0.143 e. The van der Waals surface area contributed by atoms with Crippen molar-refractivity contribution in [3.63, 3.8) is 0 Å². The summed E-state index contributed by atoms with van der Waals surface area (Å²) in [4.78, 5) is 2.31. The second-order valence-corrected chi connectivity index (χ2v) is 13.0. The summed E-state index contributed by atoms with van der Waals surface area (Å²) in [5, 5.41) is 4.83. The zero-order chi connectivity index (χ0) is 33.7. The molecule has 0 aliphatic carbocycles. The maximum absolute atomic E-state index is 6.35. The Labute approximate surface area is 295 Å². The van der Waals surface area contributed by atoms with Crippen molar-refractivity contribution in [2.75, 3.05) is 4.90 Å². The molecule has 0 saturated carbocycles. The van der Waals surface area contributed by atoms with Gasteiger partial charge in [0.25, 0.3) is 0 Å². The van der Waals surface area contributed by atoms with Gasteiger partial charge in [-0.15, -0.1) is 0 Å². The average Bonchev–Trinajstić information content (AvgIpc) is 3.75. The summed E-state index contributed by atoms with van der Waals surface area (Å²) in [7, 11) is 0. The van der Waals surface area contributed by atoms with Crippen molar-refractivity contribution in [2.24, 2.45) is 0 Å². The van der Waals surface area contributed by atoms with E-state index in [1.54, 1.807) is 0 Å². The molecule has 0 aliphatic rings. The van der Waals surface area contributed by atoms with Crippen LogP contribution in [0.2, 0.25) is 0 Å². The van der Waals surface area contributed by atoms with Gasteiger partial charge in [-0.1, -0.05) is 127 Å². The number of para-hydroxylation sites is 5. The average molecular weight is 653 g/mol. The molecule has 0 amide bonds. The number of furan rings is 1. The third-order valence-electron chi connectivity index (χ3n) is 10.0. The highest BCUT2D eigenvalue weighted by Gasteiger charge is 2.16. The molecule has 10 aromatic rings. The summed E-state index contributed by atoms with van der Waals surface area (Å²) in [5.74, 6) is 0. The van der Waals surface area contributed by atoms with Crippen LogP contribution in [0.4, 0.5) is 17.1 Å². The molecule has 0 saturated heterocycles. The van der Waals surface area contributed by atoms with Crippen molar-refractivity contribution in [3.05, 3.63) is 194 Å². The van der Waals surface area contributed by atoms with Crippen molar-refractivity contribution < 1.29 is 4.42 Å². The monoisotopic (exact) mass is 652 g/mol. The van der Waals surface area contributed by atoms with Gasteiger partial charge in [-0.25, -0.2) is 0 Å². The predicted octanol–water partition coefficient (Wildman–Crippen LogP) is 13.5. The fourth-order valence-corrected chi connectivity index (χ4v) is 7.60. The minimum absolute atomic E-state index is 0.911. The summed E-state index contributed by atoms with van der Waals surface area (Å²) >= 11 is 0. The van der Waals surface area contributed by atoms with Crippen LogP contribution >= 0.6 is 0 Å². The molecule has 0 fully saturated rings. The van der Waals surface area contributed by atoms with E-state index in [9.17, 15) is 0 Å². The maximum Gasteiger partial charge on any atom is 0.143 e. The van der Waals surface area contributed by atoms with Crippen LogP contribution in [0.15, 0.2) is 199 Å². The minimum atomic E-state index is 0.911. The first-order valence-corrected chi connectivity index (χ1v) is 17.4. The molecule has 51 heavy (non-hydrogen) atoms. The van der Waals surface area contributed by atoms with Crippen molar-refractivity contribution >= 4 is 60.8 Å². The molecular formula is C48H32N2O. The number of hydrogen-bond donors (Lipinski definition) is 0. The zero-order valence-corrected chi connectivity index (χ0v) is 27.8. The molecular weight excluding hydrogens is 621 g/mol. The minimum Gasteiger partial charge on any atom is -0.455 e. The fourth-order valence-electron chi connectivity index (χ4n) is 7.60. The van der Waals surface area contributed by atoms with Crippen LogP contribution in [0.5, 0.6) is 0 Å². The van der Waals surface area contributed by atoms with E-state index in [1.165, 1.54) is 32.9 Å². The van der Waals surface area contributed by atoms with Crippen molar-refractivity contribution in [2.45, 2.75) is 0 Å². The molecule has 10 rings (SSSR count). The van der Waals surface area contributed by atoms with Gasteiger partial charge >= 0.3 is 0 Å². The van der Waals surface area contributed by atoms with Gasteiger partial charge in [0.2, 0.25) is 0 Å². The molecule has 0 atom stereocenters. The van der Waals surface area contributed by atoms with E-state index in [2.05, 4.69) is 191 Å². The van der Waals surface area contributed by atoms with E-state index in [0.717, 1.165) is 55.8 Å². The molecule has 0 N–H and O–H groups in total. The Morgan fingerprint density at radius 2 is 0.843 bits per heavy atom. The lowest BCUT2D eigenvalue weighted by Gasteiger charge is -2.26. The van der Waals surface area contributed by atoms with Gasteiger partial charge in [-0.3, -0.25) is 0 Å². The molecule has 0 radical (unpaired) electrons. The summed E-state index contributed by atoms with van der Waals surface area (Å²) in [6, 6.07) is 69.0. The normalized spacial score (nSPS) is 11.5. The van der Waals surface area contributed by atoms with Crippen LogP contribution in [0.1, 0.15) is 0 Å². The predicted molar refractivity (Wildman–Crippen MR) is 214 cm³/mol. The third kappa shape index (κ3) is 4.90. The molecule has 3 heteroatoms. The summed E-state index contributed by atoms with van der Waals surface area (Å²) < 4.78 is 8.71. The molecule has 240 valence electrons. The van der Waals surface area contributed by atoms with Crippen LogP contribution in [0, 0.1) is 0 Å². The van der Waals surface area contributed by atoms with Crippen molar-refractivity contribution in [1.82, 2.24) is 4.57 Å². The molecule has 3 nitrogen and oxygen atoms in total. The van der Waals surface area contributed by atoms with Crippen molar-refractivity contribution in [1.29, 1.82) is 0 Å². The SMILES string of the molecule is c1ccc(N(c2ccc(-c3ccc(-n4c5ccccc5c5ccccc54)cc3)cc2)c2ccc(-c3cccc4c3oc3ccccc34)cc2)cc1. The van der Waals surface area contributed by atoms with Gasteiger partial charge in [0, 0.05) is 49.9 Å². The quantitative estimate of drug-likeness (QED) is 0.178. The van der Waals surface area contributed by atoms with Crippen LogP contribution in [-0.2, 0) is 0 Å². The highest BCUT2D eigenvalue weighted by Crippen LogP contribution is 2.40. The van der Waals surface area contributed by atoms with Gasteiger partial charge in [0.15, 0.2) is 0 Å². The van der Waals surface area contributed by atoms with Crippen molar-refractivity contribution in [3.8, 4) is 27.9 Å². The van der Waals surface area contributed by atoms with E-state index >= 15 is 0 Å². The Balaban J connectivity index is 0.980. The molecule has 2 heterocycles. The summed E-state index contributed by atoms with van der Waals surface area (Å²) in [5.41, 5.74) is 13.3. The Morgan fingerprint density at radius 1 is 0.353 bits per heavy atom. The Morgan fingerprint density at radius 3 is 1.49 bits per heavy atom. The largest absolute Gasteiger partial charge is 0.455 e. The molecule has 0 spiro atoms. The van der Waals surface area contributed by atoms with E-state index in [1.807, 2.05) is 12.1 Å². The summed E-state index contributed by atoms with van der Waals surface area (Å²) in [6.07, 6.45) is 0. The molecule has 0 aliphatic heterocycles. The number of nitrogens with zero attached hydrogens (tertiary/aromatic N) is 2.